The van der Waals surface area contributed by atoms with Gasteiger partial charge in [0.05, 0.1) is 11.6 Å². The topological polar surface area (TPSA) is 159 Å². The molecule has 10 aromatic rings. The number of alkyl halides is 3. The number of carbonyl (C=O) groups is 5. The summed E-state index contributed by atoms with van der Waals surface area (Å²) in [6, 6.07) is 75.9. The largest absolute Gasteiger partial charge is 0.416 e. The van der Waals surface area contributed by atoms with E-state index in [1.807, 2.05) is 131 Å². The SMILES string of the molecule is C[C@@H](Cc1ccccc1)C(=O)N1CCN(Cc2ccccc2)CC1.O=C([C@H](Cc1ccccc1)N(Cc1ccncc1)C(=O)/C=C/c1ccc(C(F)(F)F)cc1)N1CCN(Cc2ccccc2)CC1.O=C([C@H](Cc1ccccc1)NCc1ccncc1)N1CCN(Cc2ccccc2)CC1.O=Cc1ccncc1. The molecule has 3 aliphatic heterocycles. The molecule has 7 aromatic carbocycles. The van der Waals surface area contributed by atoms with Gasteiger partial charge in [-0.1, -0.05) is 201 Å². The standard InChI is InChI=1S/C36H35F3N4O2.C26H30N4O.C21H26N2O.C6H5NO/c37-36(38,39)32-14-11-28(12-15-32)13-16-34(44)43(27-31-17-19-40-20-18-31)33(25-29-7-3-1-4-8-29)35(45)42-23-21-41(22-24-42)26-30-9-5-2-6-10-30;31-26(30-17-15-29(16-18-30)21-24-9-5-2-6-10-24)25(19-22-7-3-1-4-8-22)28-20-23-11-13-27-14-12-23;1-18(16-19-8-4-2-5-9-19)21(24)23-14-12-22(13-15-23)17-20-10-6-3-7-11-20;8-5-6-1-3-7-4-2-6/h1-20,33H,21-27H2;1-14,25,28H,15-21H2;2-11,18H,12-17H2,1H3;1-5H/b16-13+;;;/t33-;25-;18-;/m000./s1. The highest BCUT2D eigenvalue weighted by Crippen LogP contribution is 2.30. The third-order valence-electron chi connectivity index (χ3n) is 19.3. The summed E-state index contributed by atoms with van der Waals surface area (Å²) < 4.78 is 39.1. The first-order chi connectivity index (χ1) is 52.7. The third-order valence-corrected chi connectivity index (χ3v) is 19.3. The second-order valence-electron chi connectivity index (χ2n) is 27.2. The fraction of sp³-hybridized carbons (Fsp3) is 0.281. The summed E-state index contributed by atoms with van der Waals surface area (Å²) in [6.45, 7) is 15.0. The Kier molecular flexibility index (Phi) is 31.1. The van der Waals surface area contributed by atoms with Crippen molar-refractivity contribution in [3.05, 3.63) is 347 Å². The summed E-state index contributed by atoms with van der Waals surface area (Å²) in [5.41, 5.74) is 9.49. The monoisotopic (exact) mass is 1460 g/mol. The molecular formula is C89H96F3N11O5. The Hall–Kier alpha value is -11.1. The van der Waals surface area contributed by atoms with E-state index in [4.69, 9.17) is 0 Å². The number of piperazine rings is 3. The molecular weight excluding hydrogens is 1360 g/mol. The van der Waals surface area contributed by atoms with Gasteiger partial charge in [-0.15, -0.1) is 0 Å². The molecule has 108 heavy (non-hydrogen) atoms. The van der Waals surface area contributed by atoms with Gasteiger partial charge in [0.1, 0.15) is 12.3 Å². The first-order valence-electron chi connectivity index (χ1n) is 37.0. The van der Waals surface area contributed by atoms with Gasteiger partial charge in [-0.05, 0) is 118 Å². The van der Waals surface area contributed by atoms with Crippen molar-refractivity contribution in [2.45, 2.75) is 77.2 Å². The average molecular weight is 1460 g/mol. The molecule has 0 aliphatic carbocycles. The van der Waals surface area contributed by atoms with Crippen molar-refractivity contribution in [2.24, 2.45) is 5.92 Å². The van der Waals surface area contributed by atoms with Crippen LogP contribution in [0.5, 0.6) is 0 Å². The Morgan fingerprint density at radius 3 is 1.17 bits per heavy atom. The molecule has 0 bridgehead atoms. The molecule has 3 aliphatic rings. The molecule has 6 heterocycles. The van der Waals surface area contributed by atoms with E-state index in [-0.39, 0.29) is 30.3 Å². The van der Waals surface area contributed by atoms with Crippen LogP contribution in [-0.4, -0.2) is 170 Å². The molecule has 0 radical (unpaired) electrons. The first kappa shape index (κ1) is 79.5. The number of carbonyl (C=O) groups excluding carboxylic acids is 5. The number of aromatic nitrogens is 3. The molecule has 0 spiro atoms. The highest BCUT2D eigenvalue weighted by atomic mass is 19.4. The van der Waals surface area contributed by atoms with E-state index in [0.717, 1.165) is 114 Å². The van der Waals surface area contributed by atoms with Crippen LogP contribution in [0.25, 0.3) is 6.08 Å². The normalized spacial score (nSPS) is 15.0. The van der Waals surface area contributed by atoms with Gasteiger partial charge >= 0.3 is 6.18 Å². The minimum atomic E-state index is -4.45. The number of aldehydes is 1. The summed E-state index contributed by atoms with van der Waals surface area (Å²) in [4.78, 5) is 90.8. The zero-order chi connectivity index (χ0) is 75.6. The molecule has 1 N–H and O–H groups in total. The van der Waals surface area contributed by atoms with Crippen molar-refractivity contribution in [3.8, 4) is 0 Å². The molecule has 13 rings (SSSR count). The number of nitrogens with zero attached hydrogens (tertiary/aromatic N) is 10. The maximum absolute atomic E-state index is 14.3. The molecule has 0 unspecified atom stereocenters. The van der Waals surface area contributed by atoms with E-state index in [1.165, 1.54) is 52.1 Å². The fourth-order valence-electron chi connectivity index (χ4n) is 13.2. The van der Waals surface area contributed by atoms with Crippen LogP contribution in [-0.2, 0) is 77.3 Å². The molecule has 3 saturated heterocycles. The number of hydrogen-bond acceptors (Lipinski definition) is 12. The van der Waals surface area contributed by atoms with Crippen molar-refractivity contribution in [1.82, 2.24) is 54.6 Å². The van der Waals surface area contributed by atoms with Gasteiger partial charge in [0.25, 0.3) is 0 Å². The number of benzene rings is 7. The van der Waals surface area contributed by atoms with Gasteiger partial charge in [-0.25, -0.2) is 0 Å². The van der Waals surface area contributed by atoms with E-state index >= 15 is 0 Å². The van der Waals surface area contributed by atoms with E-state index in [9.17, 15) is 37.1 Å². The van der Waals surface area contributed by atoms with Crippen molar-refractivity contribution in [2.75, 3.05) is 78.5 Å². The average Bonchev–Trinajstić information content (AvgIpc) is 0.804. The van der Waals surface area contributed by atoms with Crippen LogP contribution < -0.4 is 5.32 Å². The van der Waals surface area contributed by atoms with Crippen LogP contribution in [0.4, 0.5) is 13.2 Å². The number of halogens is 3. The molecule has 3 atom stereocenters. The number of hydrogen-bond donors (Lipinski definition) is 1. The van der Waals surface area contributed by atoms with Crippen LogP contribution in [0.15, 0.2) is 286 Å². The second-order valence-corrected chi connectivity index (χ2v) is 27.2. The Labute approximate surface area is 633 Å². The molecule has 0 saturated carbocycles. The summed E-state index contributed by atoms with van der Waals surface area (Å²) in [7, 11) is 0. The molecule has 16 nitrogen and oxygen atoms in total. The van der Waals surface area contributed by atoms with Crippen LogP contribution in [0.3, 0.4) is 0 Å². The number of amides is 4. The van der Waals surface area contributed by atoms with E-state index in [0.29, 0.717) is 62.6 Å². The van der Waals surface area contributed by atoms with Gasteiger partial charge in [-0.2, -0.15) is 13.2 Å². The van der Waals surface area contributed by atoms with Crippen molar-refractivity contribution >= 4 is 36.0 Å². The zero-order valence-corrected chi connectivity index (χ0v) is 61.3. The Morgan fingerprint density at radius 1 is 0.407 bits per heavy atom. The third kappa shape index (κ3) is 26.1. The summed E-state index contributed by atoms with van der Waals surface area (Å²) in [5, 5.41) is 3.50. The lowest BCUT2D eigenvalue weighted by Crippen LogP contribution is -2.56. The second kappa shape index (κ2) is 42.3. The van der Waals surface area contributed by atoms with Crippen LogP contribution in [0, 0.1) is 5.92 Å². The molecule has 19 heteroatoms. The smallest absolute Gasteiger partial charge is 0.340 e. The van der Waals surface area contributed by atoms with Gasteiger partial charge < -0.3 is 24.9 Å². The summed E-state index contributed by atoms with van der Waals surface area (Å²) >= 11 is 0. The quantitative estimate of drug-likeness (QED) is 0.0451. The molecule has 3 fully saturated rings. The van der Waals surface area contributed by atoms with Gasteiger partial charge in [0.2, 0.25) is 23.6 Å². The Morgan fingerprint density at radius 2 is 0.769 bits per heavy atom. The van der Waals surface area contributed by atoms with Crippen molar-refractivity contribution in [3.63, 3.8) is 0 Å². The highest BCUT2D eigenvalue weighted by molar-refractivity contribution is 5.96. The number of nitrogens with one attached hydrogen (secondary N) is 1. The summed E-state index contributed by atoms with van der Waals surface area (Å²) in [6.07, 6.45) is 11.0. The fourth-order valence-corrected chi connectivity index (χ4v) is 13.2. The lowest BCUT2D eigenvalue weighted by Gasteiger charge is -2.39. The van der Waals surface area contributed by atoms with Crippen LogP contribution in [0.2, 0.25) is 0 Å². The van der Waals surface area contributed by atoms with Gasteiger partial charge in [0, 0.05) is 172 Å². The zero-order valence-electron chi connectivity index (χ0n) is 61.3. The Bertz CT molecular complexity index is 4300. The predicted octanol–water partition coefficient (Wildman–Crippen LogP) is 13.3. The maximum Gasteiger partial charge on any atom is 0.416 e. The van der Waals surface area contributed by atoms with Gasteiger partial charge in [0.15, 0.2) is 0 Å². The van der Waals surface area contributed by atoms with Crippen molar-refractivity contribution < 1.29 is 37.1 Å². The minimum absolute atomic E-state index is 0.0491. The van der Waals surface area contributed by atoms with Crippen LogP contribution >= 0.6 is 0 Å². The van der Waals surface area contributed by atoms with Crippen LogP contribution in [0.1, 0.15) is 72.9 Å². The van der Waals surface area contributed by atoms with E-state index < -0.39 is 23.7 Å². The molecule has 3 aromatic heterocycles. The minimum Gasteiger partial charge on any atom is -0.340 e. The first-order valence-corrected chi connectivity index (χ1v) is 37.0. The Balaban J connectivity index is 0.000000171. The number of rotatable bonds is 24. The predicted molar refractivity (Wildman–Crippen MR) is 418 cm³/mol. The number of pyridine rings is 3. The van der Waals surface area contributed by atoms with E-state index in [2.05, 4.69) is 120 Å². The molecule has 558 valence electrons. The summed E-state index contributed by atoms with van der Waals surface area (Å²) in [5.74, 6) is -0.0178. The van der Waals surface area contributed by atoms with Crippen molar-refractivity contribution in [1.29, 1.82) is 0 Å². The lowest BCUT2D eigenvalue weighted by molar-refractivity contribution is -0.145. The highest BCUT2D eigenvalue weighted by Gasteiger charge is 2.35. The maximum atomic E-state index is 14.3. The van der Waals surface area contributed by atoms with Gasteiger partial charge in [-0.3, -0.25) is 53.6 Å². The molecule has 4 amide bonds. The van der Waals surface area contributed by atoms with E-state index in [1.54, 1.807) is 66.3 Å². The lowest BCUT2D eigenvalue weighted by atomic mass is 9.99.